The second-order valence-corrected chi connectivity index (χ2v) is 4.85. The number of nitrogens with two attached hydrogens (primary N) is 1. The summed E-state index contributed by atoms with van der Waals surface area (Å²) in [5.74, 6) is 0.0563. The largest absolute Gasteiger partial charge is 0.504 e. The van der Waals surface area contributed by atoms with Gasteiger partial charge < -0.3 is 20.5 Å². The molecule has 0 aromatic heterocycles. The standard InChI is InChI=1S/C13H18N2O3S/c1-8(6-12(14)19)15(2)13(17)9-4-5-11(18-3)10(16)7-9/h4-5,7-8,16H,6H2,1-3H3,(H2,14,19). The smallest absolute Gasteiger partial charge is 0.253 e. The Bertz CT molecular complexity index is 491. The van der Waals surface area contributed by atoms with Gasteiger partial charge in [0.05, 0.1) is 12.1 Å². The second-order valence-electron chi connectivity index (χ2n) is 4.32. The molecule has 0 radical (unpaired) electrons. The van der Waals surface area contributed by atoms with Gasteiger partial charge in [0.15, 0.2) is 11.5 Å². The number of phenolic OH excluding ortho intramolecular Hbond substituents is 1. The lowest BCUT2D eigenvalue weighted by molar-refractivity contribution is 0.0747. The van der Waals surface area contributed by atoms with Gasteiger partial charge in [0.25, 0.3) is 5.91 Å². The number of methoxy groups -OCH3 is 1. The fourth-order valence-electron chi connectivity index (χ4n) is 1.65. The third-order valence-corrected chi connectivity index (χ3v) is 3.07. The van der Waals surface area contributed by atoms with E-state index in [4.69, 9.17) is 22.7 Å². The van der Waals surface area contributed by atoms with Crippen LogP contribution in [-0.2, 0) is 0 Å². The number of benzene rings is 1. The van der Waals surface area contributed by atoms with Gasteiger partial charge in [0.1, 0.15) is 0 Å². The summed E-state index contributed by atoms with van der Waals surface area (Å²) in [5.41, 5.74) is 5.85. The van der Waals surface area contributed by atoms with Gasteiger partial charge in [-0.25, -0.2) is 0 Å². The highest BCUT2D eigenvalue weighted by Crippen LogP contribution is 2.26. The molecule has 1 aromatic carbocycles. The number of carbonyl (C=O) groups is 1. The first-order chi connectivity index (χ1) is 8.86. The van der Waals surface area contributed by atoms with Gasteiger partial charge >= 0.3 is 0 Å². The van der Waals surface area contributed by atoms with Crippen molar-refractivity contribution < 1.29 is 14.6 Å². The number of carbonyl (C=O) groups excluding carboxylic acids is 1. The summed E-state index contributed by atoms with van der Waals surface area (Å²) in [6, 6.07) is 4.43. The number of amides is 1. The Morgan fingerprint density at radius 2 is 2.21 bits per heavy atom. The third-order valence-electron chi connectivity index (χ3n) is 2.90. The zero-order valence-electron chi connectivity index (χ0n) is 11.2. The van der Waals surface area contributed by atoms with Crippen molar-refractivity contribution in [3.8, 4) is 11.5 Å². The van der Waals surface area contributed by atoms with Gasteiger partial charge in [0, 0.05) is 25.1 Å². The minimum absolute atomic E-state index is 0.0660. The van der Waals surface area contributed by atoms with Crippen molar-refractivity contribution in [3.63, 3.8) is 0 Å². The molecule has 0 spiro atoms. The molecule has 0 saturated heterocycles. The molecule has 5 nitrogen and oxygen atoms in total. The minimum atomic E-state index is -0.207. The van der Waals surface area contributed by atoms with Gasteiger partial charge in [-0.1, -0.05) is 12.2 Å². The topological polar surface area (TPSA) is 75.8 Å². The maximum atomic E-state index is 12.2. The molecule has 104 valence electrons. The van der Waals surface area contributed by atoms with Gasteiger partial charge in [-0.2, -0.15) is 0 Å². The van der Waals surface area contributed by atoms with Crippen LogP contribution < -0.4 is 10.5 Å². The fraction of sp³-hybridized carbons (Fsp3) is 0.385. The van der Waals surface area contributed by atoms with Gasteiger partial charge in [0.2, 0.25) is 0 Å². The van der Waals surface area contributed by atoms with E-state index < -0.39 is 0 Å². The van der Waals surface area contributed by atoms with E-state index >= 15 is 0 Å². The molecule has 3 N–H and O–H groups in total. The fourth-order valence-corrected chi connectivity index (χ4v) is 1.90. The van der Waals surface area contributed by atoms with E-state index in [1.165, 1.54) is 13.2 Å². The van der Waals surface area contributed by atoms with E-state index in [1.54, 1.807) is 24.1 Å². The highest BCUT2D eigenvalue weighted by Gasteiger charge is 2.19. The summed E-state index contributed by atoms with van der Waals surface area (Å²) in [7, 11) is 3.12. The van der Waals surface area contributed by atoms with Crippen LogP contribution in [0, 0.1) is 0 Å². The molecule has 1 atom stereocenters. The van der Waals surface area contributed by atoms with E-state index in [2.05, 4.69) is 0 Å². The molecule has 1 rings (SSSR count). The van der Waals surface area contributed by atoms with Crippen molar-refractivity contribution in [1.29, 1.82) is 0 Å². The monoisotopic (exact) mass is 282 g/mol. The van der Waals surface area contributed by atoms with E-state index in [0.29, 0.717) is 22.7 Å². The van der Waals surface area contributed by atoms with E-state index in [-0.39, 0.29) is 17.7 Å². The van der Waals surface area contributed by atoms with E-state index in [0.717, 1.165) is 0 Å². The van der Waals surface area contributed by atoms with Gasteiger partial charge in [-0.3, -0.25) is 4.79 Å². The Labute approximate surface area is 118 Å². The SMILES string of the molecule is COc1ccc(C(=O)N(C)C(C)CC(N)=S)cc1O. The molecular weight excluding hydrogens is 264 g/mol. The number of phenols is 1. The predicted octanol–water partition coefficient (Wildman–Crippen LogP) is 1.54. The summed E-state index contributed by atoms with van der Waals surface area (Å²) < 4.78 is 4.93. The molecule has 1 unspecified atom stereocenters. The first-order valence-electron chi connectivity index (χ1n) is 5.79. The molecule has 6 heteroatoms. The molecule has 1 amide bonds. The van der Waals surface area contributed by atoms with Crippen molar-refractivity contribution in [2.24, 2.45) is 5.73 Å². The van der Waals surface area contributed by atoms with Crippen LogP contribution in [0.1, 0.15) is 23.7 Å². The number of nitrogens with zero attached hydrogens (tertiary/aromatic N) is 1. The van der Waals surface area contributed by atoms with Gasteiger partial charge in [-0.15, -0.1) is 0 Å². The first kappa shape index (κ1) is 15.2. The van der Waals surface area contributed by atoms with Crippen LogP contribution in [-0.4, -0.2) is 41.1 Å². The van der Waals surface area contributed by atoms with Crippen LogP contribution in [0.5, 0.6) is 11.5 Å². The number of ether oxygens (including phenoxy) is 1. The molecule has 0 aliphatic rings. The van der Waals surface area contributed by atoms with Crippen molar-refractivity contribution >= 4 is 23.1 Å². The van der Waals surface area contributed by atoms with Crippen LogP contribution in [0.3, 0.4) is 0 Å². The second kappa shape index (κ2) is 6.38. The Morgan fingerprint density at radius 3 is 2.68 bits per heavy atom. The minimum Gasteiger partial charge on any atom is -0.504 e. The Morgan fingerprint density at radius 1 is 1.58 bits per heavy atom. The lowest BCUT2D eigenvalue weighted by Crippen LogP contribution is -2.37. The quantitative estimate of drug-likeness (QED) is 0.801. The van der Waals surface area contributed by atoms with E-state index in [9.17, 15) is 9.90 Å². The first-order valence-corrected chi connectivity index (χ1v) is 6.20. The predicted molar refractivity (Wildman–Crippen MR) is 77.6 cm³/mol. The molecule has 1 aromatic rings. The summed E-state index contributed by atoms with van der Waals surface area (Å²) >= 11 is 4.83. The molecule has 0 heterocycles. The average Bonchev–Trinajstić information content (AvgIpc) is 2.36. The highest BCUT2D eigenvalue weighted by atomic mass is 32.1. The highest BCUT2D eigenvalue weighted by molar-refractivity contribution is 7.80. The third kappa shape index (κ3) is 3.82. The lowest BCUT2D eigenvalue weighted by atomic mass is 10.1. The number of aromatic hydroxyl groups is 1. The van der Waals surface area contributed by atoms with Crippen LogP contribution >= 0.6 is 12.2 Å². The van der Waals surface area contributed by atoms with Crippen LogP contribution in [0.2, 0.25) is 0 Å². The normalized spacial score (nSPS) is 11.7. The van der Waals surface area contributed by atoms with Crippen LogP contribution in [0.15, 0.2) is 18.2 Å². The Hall–Kier alpha value is -1.82. The van der Waals surface area contributed by atoms with Crippen LogP contribution in [0.4, 0.5) is 0 Å². The molecule has 0 saturated carbocycles. The number of hydrogen-bond donors (Lipinski definition) is 2. The zero-order chi connectivity index (χ0) is 14.6. The number of rotatable bonds is 5. The number of hydrogen-bond acceptors (Lipinski definition) is 4. The molecule has 0 aliphatic carbocycles. The molecule has 0 aliphatic heterocycles. The van der Waals surface area contributed by atoms with Crippen molar-refractivity contribution in [3.05, 3.63) is 23.8 Å². The summed E-state index contributed by atoms with van der Waals surface area (Å²) in [6.45, 7) is 1.86. The lowest BCUT2D eigenvalue weighted by Gasteiger charge is -2.24. The number of thiocarbonyl (C=S) groups is 1. The Kier molecular flexibility index (Phi) is 5.11. The van der Waals surface area contributed by atoms with Crippen molar-refractivity contribution in [2.75, 3.05) is 14.2 Å². The maximum absolute atomic E-state index is 12.2. The molecule has 0 fully saturated rings. The van der Waals surface area contributed by atoms with E-state index in [1.807, 2.05) is 6.92 Å². The summed E-state index contributed by atoms with van der Waals surface area (Å²) in [6.07, 6.45) is 0.458. The van der Waals surface area contributed by atoms with Gasteiger partial charge in [-0.05, 0) is 25.1 Å². The average molecular weight is 282 g/mol. The molecule has 0 bridgehead atoms. The van der Waals surface area contributed by atoms with Crippen LogP contribution in [0.25, 0.3) is 0 Å². The van der Waals surface area contributed by atoms with Crippen molar-refractivity contribution in [1.82, 2.24) is 4.90 Å². The summed E-state index contributed by atoms with van der Waals surface area (Å²) in [5, 5.41) is 9.67. The summed E-state index contributed by atoms with van der Waals surface area (Å²) in [4.78, 5) is 14.1. The molecule has 19 heavy (non-hydrogen) atoms. The zero-order valence-corrected chi connectivity index (χ0v) is 12.0. The maximum Gasteiger partial charge on any atom is 0.253 e. The van der Waals surface area contributed by atoms with Crippen molar-refractivity contribution in [2.45, 2.75) is 19.4 Å². The Balaban J connectivity index is 2.88. The molecular formula is C13H18N2O3S.